The van der Waals surface area contributed by atoms with E-state index in [1.165, 1.54) is 4.57 Å². The van der Waals surface area contributed by atoms with Crippen LogP contribution in [0.5, 0.6) is 0 Å². The van der Waals surface area contributed by atoms with Crippen molar-refractivity contribution in [2.24, 2.45) is 0 Å². The fourth-order valence-electron chi connectivity index (χ4n) is 4.85. The van der Waals surface area contributed by atoms with Crippen molar-refractivity contribution in [3.8, 4) is 6.07 Å². The minimum atomic E-state index is -1.22. The maximum atomic E-state index is 13.4. The molecule has 1 atom stereocenters. The smallest absolute Gasteiger partial charge is 0.408 e. The molecule has 194 valence electrons. The summed E-state index contributed by atoms with van der Waals surface area (Å²) in [5.74, 6) is -0.470. The van der Waals surface area contributed by atoms with E-state index in [-0.39, 0.29) is 18.7 Å². The molecule has 38 heavy (non-hydrogen) atoms. The Morgan fingerprint density at radius 1 is 1.00 bits per heavy atom. The molecule has 7 nitrogen and oxygen atoms in total. The summed E-state index contributed by atoms with van der Waals surface area (Å²) in [7, 11) is -1.22. The molecular weight excluding hydrogens is 494 g/mol. The molecule has 0 fully saturated rings. The average molecular weight is 526 g/mol. The van der Waals surface area contributed by atoms with Crippen molar-refractivity contribution in [3.63, 3.8) is 0 Å². The number of amides is 1. The van der Waals surface area contributed by atoms with Crippen LogP contribution in [0.4, 0.5) is 0 Å². The Kier molecular flexibility index (Phi) is 7.06. The molecule has 1 amide bonds. The normalized spacial score (nSPS) is 15.2. The minimum absolute atomic E-state index is 0.0193. The van der Waals surface area contributed by atoms with Crippen molar-refractivity contribution < 1.29 is 13.9 Å². The number of benzene rings is 3. The monoisotopic (exact) mass is 525 g/mol. The van der Waals surface area contributed by atoms with Gasteiger partial charge in [0.1, 0.15) is 6.73 Å². The molecule has 0 radical (unpaired) electrons. The van der Waals surface area contributed by atoms with Crippen LogP contribution in [0.1, 0.15) is 38.7 Å². The van der Waals surface area contributed by atoms with Crippen molar-refractivity contribution in [2.75, 3.05) is 6.61 Å². The highest BCUT2D eigenvalue weighted by Crippen LogP contribution is 2.37. The number of ether oxygens (including phenoxy) is 1. The summed E-state index contributed by atoms with van der Waals surface area (Å²) in [6, 6.07) is 23.9. The molecule has 1 aliphatic rings. The molecule has 0 saturated heterocycles. The SMILES string of the molecule is C[Si](C)(C)CCOCn1c(=O)oc2cc(CN3C(=O)c4ccccc4C3Cc3ccc(C#N)cc3)ccc21. The molecule has 0 bridgehead atoms. The van der Waals surface area contributed by atoms with Gasteiger partial charge in [-0.05, 0) is 59.5 Å². The highest BCUT2D eigenvalue weighted by Gasteiger charge is 2.36. The lowest BCUT2D eigenvalue weighted by Gasteiger charge is -2.26. The zero-order valence-corrected chi connectivity index (χ0v) is 22.9. The third-order valence-electron chi connectivity index (χ3n) is 7.00. The first-order valence-electron chi connectivity index (χ1n) is 12.8. The fourth-order valence-corrected chi connectivity index (χ4v) is 5.61. The van der Waals surface area contributed by atoms with Crippen LogP contribution in [0.25, 0.3) is 11.1 Å². The number of carbonyl (C=O) groups excluding carboxylic acids is 1. The first kappa shape index (κ1) is 25.7. The number of hydrogen-bond acceptors (Lipinski definition) is 5. The maximum absolute atomic E-state index is 13.4. The number of fused-ring (bicyclic) bond motifs is 2. The van der Waals surface area contributed by atoms with E-state index in [9.17, 15) is 9.59 Å². The van der Waals surface area contributed by atoms with Crippen LogP contribution in [0.2, 0.25) is 25.7 Å². The van der Waals surface area contributed by atoms with Crippen LogP contribution in [0.15, 0.2) is 75.9 Å². The van der Waals surface area contributed by atoms with E-state index in [2.05, 4.69) is 25.7 Å². The van der Waals surface area contributed by atoms with E-state index in [0.717, 1.165) is 22.7 Å². The molecule has 3 aromatic carbocycles. The minimum Gasteiger partial charge on any atom is -0.408 e. The van der Waals surface area contributed by atoms with Gasteiger partial charge in [-0.3, -0.25) is 4.79 Å². The van der Waals surface area contributed by atoms with Gasteiger partial charge in [0.25, 0.3) is 5.91 Å². The number of oxazole rings is 1. The lowest BCUT2D eigenvalue weighted by molar-refractivity contribution is 0.0709. The Balaban J connectivity index is 1.37. The van der Waals surface area contributed by atoms with Crippen molar-refractivity contribution in [2.45, 2.75) is 51.4 Å². The number of rotatable bonds is 9. The summed E-state index contributed by atoms with van der Waals surface area (Å²) < 4.78 is 12.8. The molecule has 8 heteroatoms. The Bertz CT molecular complexity index is 1570. The van der Waals surface area contributed by atoms with Crippen molar-refractivity contribution in [1.29, 1.82) is 5.26 Å². The predicted molar refractivity (Wildman–Crippen MR) is 148 cm³/mol. The summed E-state index contributed by atoms with van der Waals surface area (Å²) >= 11 is 0. The third kappa shape index (κ3) is 5.35. The van der Waals surface area contributed by atoms with Gasteiger partial charge in [0.05, 0.1) is 23.2 Å². The van der Waals surface area contributed by atoms with E-state index in [0.29, 0.717) is 41.8 Å². The molecule has 0 spiro atoms. The maximum Gasteiger partial charge on any atom is 0.421 e. The van der Waals surface area contributed by atoms with Gasteiger partial charge in [0.15, 0.2) is 5.58 Å². The molecule has 4 aromatic rings. The molecule has 1 aromatic heterocycles. The highest BCUT2D eigenvalue weighted by atomic mass is 28.3. The second-order valence-electron chi connectivity index (χ2n) is 11.0. The Morgan fingerprint density at radius 3 is 2.47 bits per heavy atom. The van der Waals surface area contributed by atoms with Gasteiger partial charge in [-0.15, -0.1) is 0 Å². The third-order valence-corrected chi connectivity index (χ3v) is 8.71. The second-order valence-corrected chi connectivity index (χ2v) is 16.6. The van der Waals surface area contributed by atoms with Gasteiger partial charge >= 0.3 is 5.76 Å². The lowest BCUT2D eigenvalue weighted by atomic mass is 9.97. The molecule has 1 aliphatic heterocycles. The van der Waals surface area contributed by atoms with E-state index >= 15 is 0 Å². The van der Waals surface area contributed by atoms with Crippen LogP contribution in [-0.2, 0) is 24.4 Å². The van der Waals surface area contributed by atoms with E-state index in [1.54, 1.807) is 12.1 Å². The zero-order chi connectivity index (χ0) is 26.9. The molecule has 1 unspecified atom stereocenters. The fraction of sp³-hybridized carbons (Fsp3) is 0.300. The first-order chi connectivity index (χ1) is 18.2. The van der Waals surface area contributed by atoms with Crippen LogP contribution in [-0.4, -0.2) is 30.1 Å². The lowest BCUT2D eigenvalue weighted by Crippen LogP contribution is -2.28. The van der Waals surface area contributed by atoms with Gasteiger partial charge in [0.2, 0.25) is 0 Å². The van der Waals surface area contributed by atoms with Gasteiger partial charge in [0, 0.05) is 26.8 Å². The van der Waals surface area contributed by atoms with Gasteiger partial charge in [-0.25, -0.2) is 9.36 Å². The van der Waals surface area contributed by atoms with Gasteiger partial charge < -0.3 is 14.1 Å². The number of carbonyl (C=O) groups is 1. The van der Waals surface area contributed by atoms with Crippen LogP contribution in [0, 0.1) is 11.3 Å². The Hall–Kier alpha value is -3.93. The highest BCUT2D eigenvalue weighted by molar-refractivity contribution is 6.76. The number of nitriles is 1. The topological polar surface area (TPSA) is 88.5 Å². The van der Waals surface area contributed by atoms with Crippen molar-refractivity contribution >= 4 is 25.1 Å². The summed E-state index contributed by atoms with van der Waals surface area (Å²) in [6.07, 6.45) is 0.636. The summed E-state index contributed by atoms with van der Waals surface area (Å²) in [5, 5.41) is 9.12. The first-order valence-corrected chi connectivity index (χ1v) is 16.5. The van der Waals surface area contributed by atoms with E-state index in [4.69, 9.17) is 14.4 Å². The standard InChI is InChI=1S/C30H31N3O4Si/c1-38(2,3)15-14-36-20-33-26-13-12-23(17-28(26)37-30(33)35)19-32-27(16-21-8-10-22(18-31)11-9-21)24-6-4-5-7-25(24)29(32)34/h4-13,17,27H,14-16,19-20H2,1-3H3. The van der Waals surface area contributed by atoms with E-state index in [1.807, 2.05) is 59.5 Å². The van der Waals surface area contributed by atoms with Gasteiger partial charge in [-0.2, -0.15) is 5.26 Å². The Morgan fingerprint density at radius 2 is 1.74 bits per heavy atom. The summed E-state index contributed by atoms with van der Waals surface area (Å²) in [5.41, 5.74) is 5.40. The zero-order valence-electron chi connectivity index (χ0n) is 21.9. The molecule has 0 aliphatic carbocycles. The van der Waals surface area contributed by atoms with Crippen LogP contribution >= 0.6 is 0 Å². The van der Waals surface area contributed by atoms with Crippen molar-refractivity contribution in [1.82, 2.24) is 9.47 Å². The largest absolute Gasteiger partial charge is 0.421 e. The molecule has 5 rings (SSSR count). The van der Waals surface area contributed by atoms with Crippen LogP contribution in [0.3, 0.4) is 0 Å². The molecule has 0 N–H and O–H groups in total. The summed E-state index contributed by atoms with van der Waals surface area (Å²) in [4.78, 5) is 27.8. The number of hydrogen-bond donors (Lipinski definition) is 0. The van der Waals surface area contributed by atoms with Gasteiger partial charge in [-0.1, -0.05) is 56.0 Å². The molecular formula is C30H31N3O4Si. The number of nitrogens with zero attached hydrogens (tertiary/aromatic N) is 3. The van der Waals surface area contributed by atoms with Crippen molar-refractivity contribution in [3.05, 3.63) is 105 Å². The van der Waals surface area contributed by atoms with E-state index < -0.39 is 13.8 Å². The second kappa shape index (κ2) is 10.4. The average Bonchev–Trinajstić information content (AvgIpc) is 3.34. The van der Waals surface area contributed by atoms with Crippen LogP contribution < -0.4 is 5.76 Å². The molecule has 0 saturated carbocycles. The number of aromatic nitrogens is 1. The molecule has 2 heterocycles. The predicted octanol–water partition coefficient (Wildman–Crippen LogP) is 5.72. The quantitative estimate of drug-likeness (QED) is 0.206. The Labute approximate surface area is 222 Å². The summed E-state index contributed by atoms with van der Waals surface area (Å²) in [6.45, 7) is 8.01.